The van der Waals surface area contributed by atoms with Gasteiger partial charge < -0.3 is 30.2 Å². The van der Waals surface area contributed by atoms with Crippen molar-refractivity contribution in [2.45, 2.75) is 111 Å². The van der Waals surface area contributed by atoms with Gasteiger partial charge in [0, 0.05) is 13.0 Å². The number of rotatable bonds is 14. The maximum atomic E-state index is 13.3. The zero-order chi connectivity index (χ0) is 31.2. The average molecular weight is 578 g/mol. The molecule has 3 amide bonds. The van der Waals surface area contributed by atoms with Gasteiger partial charge in [-0.3, -0.25) is 19.2 Å². The number of hydrogen-bond acceptors (Lipinski definition) is 8. The quantitative estimate of drug-likeness (QED) is 0.223. The maximum Gasteiger partial charge on any atom is 0.408 e. The molecular formula is C30H47N3O8. The Hall–Kier alpha value is -3.63. The number of alkyl carbamates (subject to hydrolysis) is 1. The van der Waals surface area contributed by atoms with Crippen molar-refractivity contribution < 1.29 is 38.2 Å². The number of amides is 3. The van der Waals surface area contributed by atoms with Crippen LogP contribution < -0.4 is 16.0 Å². The Morgan fingerprint density at radius 1 is 0.756 bits per heavy atom. The standard InChI is InChI=1S/C30H47N3O8/c1-20(2)16-17-31-26(36)22(14-15-24(34)40-29(3,4)5)32-27(37)23(18-25(35)41-30(6,7)8)33-28(38)39-19-21-12-10-9-11-13-21/h9-13,20,22-23H,14-19H2,1-8H3,(H,31,36)(H,32,37)(H,33,38)/t22-,23-/m0/s1. The van der Waals surface area contributed by atoms with E-state index in [-0.39, 0.29) is 19.4 Å². The molecule has 11 heteroatoms. The molecule has 0 aromatic heterocycles. The minimum atomic E-state index is -1.40. The van der Waals surface area contributed by atoms with Crippen molar-refractivity contribution >= 4 is 29.8 Å². The third-order valence-corrected chi connectivity index (χ3v) is 5.32. The fraction of sp³-hybridized carbons (Fsp3) is 0.633. The number of carbonyl (C=O) groups excluding carboxylic acids is 5. The van der Waals surface area contributed by atoms with Crippen molar-refractivity contribution in [1.29, 1.82) is 0 Å². The van der Waals surface area contributed by atoms with Crippen LogP contribution in [0.2, 0.25) is 0 Å². The Morgan fingerprint density at radius 3 is 1.90 bits per heavy atom. The third-order valence-electron chi connectivity index (χ3n) is 5.32. The van der Waals surface area contributed by atoms with E-state index >= 15 is 0 Å². The normalized spacial score (nSPS) is 13.0. The summed E-state index contributed by atoms with van der Waals surface area (Å²) in [5.74, 6) is -2.22. The molecule has 0 bridgehead atoms. The van der Waals surface area contributed by atoms with Crippen LogP contribution >= 0.6 is 0 Å². The summed E-state index contributed by atoms with van der Waals surface area (Å²) in [7, 11) is 0. The number of carbonyl (C=O) groups is 5. The van der Waals surface area contributed by atoms with E-state index in [1.165, 1.54) is 0 Å². The van der Waals surface area contributed by atoms with Gasteiger partial charge in [0.25, 0.3) is 0 Å². The molecule has 0 spiro atoms. The smallest absolute Gasteiger partial charge is 0.408 e. The van der Waals surface area contributed by atoms with Gasteiger partial charge in [0.2, 0.25) is 11.8 Å². The number of benzene rings is 1. The number of esters is 2. The Balaban J connectivity index is 3.03. The second-order valence-electron chi connectivity index (χ2n) is 12.2. The van der Waals surface area contributed by atoms with E-state index < -0.39 is 59.6 Å². The first-order chi connectivity index (χ1) is 18.9. The van der Waals surface area contributed by atoms with E-state index in [2.05, 4.69) is 16.0 Å². The van der Waals surface area contributed by atoms with Gasteiger partial charge in [0.15, 0.2) is 0 Å². The lowest BCUT2D eigenvalue weighted by molar-refractivity contribution is -0.156. The van der Waals surface area contributed by atoms with Crippen LogP contribution in [0.25, 0.3) is 0 Å². The SMILES string of the molecule is CC(C)CCNC(=O)[C@H](CCC(=O)OC(C)(C)C)NC(=O)[C@H](CC(=O)OC(C)(C)C)NC(=O)OCc1ccccc1. The summed E-state index contributed by atoms with van der Waals surface area (Å²) < 4.78 is 15.9. The summed E-state index contributed by atoms with van der Waals surface area (Å²) in [6.07, 6.45) is -0.898. The fourth-order valence-corrected chi connectivity index (χ4v) is 3.47. The van der Waals surface area contributed by atoms with Crippen LogP contribution in [0.1, 0.15) is 86.6 Å². The molecule has 3 N–H and O–H groups in total. The number of hydrogen-bond donors (Lipinski definition) is 3. The molecule has 11 nitrogen and oxygen atoms in total. The maximum absolute atomic E-state index is 13.3. The van der Waals surface area contributed by atoms with E-state index in [9.17, 15) is 24.0 Å². The number of ether oxygens (including phenoxy) is 3. The Labute approximate surface area is 243 Å². The van der Waals surface area contributed by atoms with Crippen molar-refractivity contribution in [2.24, 2.45) is 5.92 Å². The van der Waals surface area contributed by atoms with E-state index in [0.717, 1.165) is 5.56 Å². The molecule has 0 radical (unpaired) electrons. The molecule has 0 saturated carbocycles. The fourth-order valence-electron chi connectivity index (χ4n) is 3.47. The first-order valence-electron chi connectivity index (χ1n) is 13.9. The monoisotopic (exact) mass is 577 g/mol. The molecular weight excluding hydrogens is 530 g/mol. The number of nitrogens with one attached hydrogen (secondary N) is 3. The second kappa shape index (κ2) is 16.6. The molecule has 1 aromatic rings. The molecule has 230 valence electrons. The van der Waals surface area contributed by atoms with Gasteiger partial charge in [-0.15, -0.1) is 0 Å². The first kappa shape index (κ1) is 35.4. The Bertz CT molecular complexity index is 1010. The van der Waals surface area contributed by atoms with Gasteiger partial charge in [0.1, 0.15) is 29.9 Å². The van der Waals surface area contributed by atoms with Crippen molar-refractivity contribution in [3.63, 3.8) is 0 Å². The zero-order valence-corrected chi connectivity index (χ0v) is 25.6. The molecule has 0 aliphatic heterocycles. The summed E-state index contributed by atoms with van der Waals surface area (Å²) >= 11 is 0. The largest absolute Gasteiger partial charge is 0.460 e. The van der Waals surface area contributed by atoms with E-state index in [0.29, 0.717) is 18.9 Å². The van der Waals surface area contributed by atoms with Crippen LogP contribution in [-0.2, 0) is 40.0 Å². The van der Waals surface area contributed by atoms with Gasteiger partial charge in [-0.25, -0.2) is 4.79 Å². The summed E-state index contributed by atoms with van der Waals surface area (Å²) in [5.41, 5.74) is -0.799. The minimum Gasteiger partial charge on any atom is -0.460 e. The zero-order valence-electron chi connectivity index (χ0n) is 25.6. The van der Waals surface area contributed by atoms with Crippen LogP contribution in [0.5, 0.6) is 0 Å². The van der Waals surface area contributed by atoms with Crippen LogP contribution in [0, 0.1) is 5.92 Å². The molecule has 0 aliphatic carbocycles. The first-order valence-corrected chi connectivity index (χ1v) is 13.9. The van der Waals surface area contributed by atoms with Gasteiger partial charge >= 0.3 is 18.0 Å². The average Bonchev–Trinajstić information content (AvgIpc) is 2.82. The molecule has 2 atom stereocenters. The minimum absolute atomic E-state index is 0.0498. The highest BCUT2D eigenvalue weighted by Crippen LogP contribution is 2.12. The molecule has 0 unspecified atom stereocenters. The highest BCUT2D eigenvalue weighted by atomic mass is 16.6. The Kier molecular flexibility index (Phi) is 14.3. The topological polar surface area (TPSA) is 149 Å². The van der Waals surface area contributed by atoms with Gasteiger partial charge in [-0.05, 0) is 65.9 Å². The molecule has 0 saturated heterocycles. The van der Waals surface area contributed by atoms with Crippen molar-refractivity contribution in [3.05, 3.63) is 35.9 Å². The van der Waals surface area contributed by atoms with Crippen LogP contribution in [-0.4, -0.2) is 59.7 Å². The molecule has 41 heavy (non-hydrogen) atoms. The lowest BCUT2D eigenvalue weighted by Crippen LogP contribution is -2.54. The van der Waals surface area contributed by atoms with Crippen LogP contribution in [0.4, 0.5) is 4.79 Å². The van der Waals surface area contributed by atoms with E-state index in [1.54, 1.807) is 65.8 Å². The molecule has 1 rings (SSSR count). The highest BCUT2D eigenvalue weighted by molar-refractivity contribution is 5.93. The van der Waals surface area contributed by atoms with Crippen LogP contribution in [0.15, 0.2) is 30.3 Å². The third kappa shape index (κ3) is 16.9. The van der Waals surface area contributed by atoms with Crippen molar-refractivity contribution in [1.82, 2.24) is 16.0 Å². The molecule has 0 fully saturated rings. The van der Waals surface area contributed by atoms with Crippen molar-refractivity contribution in [2.75, 3.05) is 6.54 Å². The van der Waals surface area contributed by atoms with Gasteiger partial charge in [-0.1, -0.05) is 44.2 Å². The van der Waals surface area contributed by atoms with Gasteiger partial charge in [-0.2, -0.15) is 0 Å². The van der Waals surface area contributed by atoms with E-state index in [4.69, 9.17) is 14.2 Å². The highest BCUT2D eigenvalue weighted by Gasteiger charge is 2.31. The molecule has 0 aliphatic rings. The molecule has 0 heterocycles. The van der Waals surface area contributed by atoms with Crippen LogP contribution in [0.3, 0.4) is 0 Å². The summed E-state index contributed by atoms with van der Waals surface area (Å²) in [6, 6.07) is 6.42. The second-order valence-corrected chi connectivity index (χ2v) is 12.2. The lowest BCUT2D eigenvalue weighted by Gasteiger charge is -2.25. The van der Waals surface area contributed by atoms with Crippen molar-refractivity contribution in [3.8, 4) is 0 Å². The molecule has 1 aromatic carbocycles. The Morgan fingerprint density at radius 2 is 1.34 bits per heavy atom. The summed E-state index contributed by atoms with van der Waals surface area (Å²) in [4.78, 5) is 63.8. The lowest BCUT2D eigenvalue weighted by atomic mass is 10.1. The predicted molar refractivity (Wildman–Crippen MR) is 153 cm³/mol. The summed E-state index contributed by atoms with van der Waals surface area (Å²) in [6.45, 7) is 14.6. The predicted octanol–water partition coefficient (Wildman–Crippen LogP) is 3.78. The summed E-state index contributed by atoms with van der Waals surface area (Å²) in [5, 5.41) is 7.76. The van der Waals surface area contributed by atoms with Gasteiger partial charge in [0.05, 0.1) is 6.42 Å². The van der Waals surface area contributed by atoms with E-state index in [1.807, 2.05) is 19.9 Å².